The summed E-state index contributed by atoms with van der Waals surface area (Å²) in [7, 11) is -3.92. The first-order valence-electron chi connectivity index (χ1n) is 6.47. The number of unbranched alkanes of at least 4 members (excludes halogenated alkanes) is 2. The lowest BCUT2D eigenvalue weighted by Crippen LogP contribution is -2.40. The van der Waals surface area contributed by atoms with Crippen LogP contribution in [0, 0.1) is 0 Å². The van der Waals surface area contributed by atoms with E-state index in [2.05, 4.69) is 29.5 Å². The summed E-state index contributed by atoms with van der Waals surface area (Å²) in [5.41, 5.74) is 0. The van der Waals surface area contributed by atoms with Crippen molar-refractivity contribution in [2.45, 2.75) is 39.5 Å². The molecule has 0 spiro atoms. The SMILES string of the molecule is CCCCN=C(NCCCC)NCCS(=O)(=O)O. The first-order chi connectivity index (χ1) is 8.49. The molecule has 18 heavy (non-hydrogen) atoms. The summed E-state index contributed by atoms with van der Waals surface area (Å²) in [4.78, 5) is 4.32. The van der Waals surface area contributed by atoms with E-state index in [1.54, 1.807) is 0 Å². The molecule has 0 saturated heterocycles. The van der Waals surface area contributed by atoms with E-state index in [9.17, 15) is 8.42 Å². The predicted octanol–water partition coefficient (Wildman–Crippen LogP) is 1.01. The maximum absolute atomic E-state index is 10.6. The molecule has 0 bridgehead atoms. The van der Waals surface area contributed by atoms with Crippen molar-refractivity contribution in [2.75, 3.05) is 25.4 Å². The molecule has 0 amide bonds. The third-order valence-corrected chi connectivity index (χ3v) is 2.98. The fourth-order valence-electron chi connectivity index (χ4n) is 1.21. The highest BCUT2D eigenvalue weighted by molar-refractivity contribution is 7.85. The Morgan fingerprint density at radius 3 is 2.28 bits per heavy atom. The molecule has 7 heteroatoms. The van der Waals surface area contributed by atoms with Gasteiger partial charge in [0.05, 0.1) is 5.75 Å². The van der Waals surface area contributed by atoms with E-state index in [-0.39, 0.29) is 12.3 Å². The Hall–Kier alpha value is -0.820. The molecule has 108 valence electrons. The molecular formula is C11H25N3O3S. The van der Waals surface area contributed by atoms with Crippen LogP contribution in [-0.4, -0.2) is 44.3 Å². The second-order valence-electron chi connectivity index (χ2n) is 4.08. The van der Waals surface area contributed by atoms with Crippen LogP contribution in [0.4, 0.5) is 0 Å². The monoisotopic (exact) mass is 279 g/mol. The van der Waals surface area contributed by atoms with Crippen molar-refractivity contribution < 1.29 is 13.0 Å². The van der Waals surface area contributed by atoms with Gasteiger partial charge in [-0.25, -0.2) is 0 Å². The van der Waals surface area contributed by atoms with Gasteiger partial charge in [0.2, 0.25) is 0 Å². The van der Waals surface area contributed by atoms with E-state index in [4.69, 9.17) is 4.55 Å². The summed E-state index contributed by atoms with van der Waals surface area (Å²) < 4.78 is 29.8. The van der Waals surface area contributed by atoms with Gasteiger partial charge in [-0.1, -0.05) is 26.7 Å². The maximum atomic E-state index is 10.6. The van der Waals surface area contributed by atoms with Crippen LogP contribution in [0.3, 0.4) is 0 Å². The van der Waals surface area contributed by atoms with E-state index in [0.29, 0.717) is 12.5 Å². The number of rotatable bonds is 9. The van der Waals surface area contributed by atoms with Gasteiger partial charge in [0, 0.05) is 19.6 Å². The largest absolute Gasteiger partial charge is 0.356 e. The Morgan fingerprint density at radius 1 is 1.11 bits per heavy atom. The second kappa shape index (κ2) is 10.1. The fraction of sp³-hybridized carbons (Fsp3) is 0.909. The molecule has 0 radical (unpaired) electrons. The number of guanidine groups is 1. The van der Waals surface area contributed by atoms with Crippen LogP contribution in [0.5, 0.6) is 0 Å². The molecule has 0 saturated carbocycles. The molecule has 0 aliphatic carbocycles. The van der Waals surface area contributed by atoms with Crippen LogP contribution in [0.1, 0.15) is 39.5 Å². The van der Waals surface area contributed by atoms with Gasteiger partial charge < -0.3 is 10.6 Å². The Kier molecular flexibility index (Phi) is 9.67. The van der Waals surface area contributed by atoms with Crippen molar-refractivity contribution >= 4 is 16.1 Å². The first-order valence-corrected chi connectivity index (χ1v) is 8.07. The standard InChI is InChI=1S/C11H25N3O3S/c1-3-5-7-12-11(13-8-6-4-2)14-9-10-18(15,16)17/h3-10H2,1-2H3,(H2,12,13,14)(H,15,16,17). The molecule has 0 aromatic rings. The van der Waals surface area contributed by atoms with Crippen LogP contribution >= 0.6 is 0 Å². The Morgan fingerprint density at radius 2 is 1.72 bits per heavy atom. The van der Waals surface area contributed by atoms with Crippen molar-refractivity contribution in [1.29, 1.82) is 0 Å². The number of nitrogens with zero attached hydrogens (tertiary/aromatic N) is 1. The maximum Gasteiger partial charge on any atom is 0.266 e. The normalized spacial score (nSPS) is 12.5. The van der Waals surface area contributed by atoms with Crippen LogP contribution in [-0.2, 0) is 10.1 Å². The predicted molar refractivity (Wildman–Crippen MR) is 74.5 cm³/mol. The smallest absolute Gasteiger partial charge is 0.266 e. The van der Waals surface area contributed by atoms with Gasteiger partial charge in [-0.05, 0) is 12.8 Å². The van der Waals surface area contributed by atoms with E-state index >= 15 is 0 Å². The summed E-state index contributed by atoms with van der Waals surface area (Å²) in [6, 6.07) is 0. The lowest BCUT2D eigenvalue weighted by molar-refractivity contribution is 0.482. The van der Waals surface area contributed by atoms with Gasteiger partial charge in [-0.15, -0.1) is 0 Å². The van der Waals surface area contributed by atoms with Crippen LogP contribution in [0.15, 0.2) is 4.99 Å². The van der Waals surface area contributed by atoms with Gasteiger partial charge in [0.1, 0.15) is 0 Å². The third kappa shape index (κ3) is 11.7. The molecule has 0 aromatic carbocycles. The lowest BCUT2D eigenvalue weighted by Gasteiger charge is -2.11. The molecule has 0 atom stereocenters. The minimum absolute atomic E-state index is 0.156. The minimum atomic E-state index is -3.92. The molecule has 0 heterocycles. The van der Waals surface area contributed by atoms with Crippen molar-refractivity contribution in [3.63, 3.8) is 0 Å². The van der Waals surface area contributed by atoms with Gasteiger partial charge in [-0.3, -0.25) is 9.55 Å². The zero-order valence-electron chi connectivity index (χ0n) is 11.3. The Bertz CT molecular complexity index is 328. The molecule has 0 aromatic heterocycles. The van der Waals surface area contributed by atoms with Crippen molar-refractivity contribution in [3.8, 4) is 0 Å². The lowest BCUT2D eigenvalue weighted by atomic mass is 10.3. The van der Waals surface area contributed by atoms with E-state index in [0.717, 1.165) is 32.2 Å². The number of hydrogen-bond donors (Lipinski definition) is 3. The summed E-state index contributed by atoms with van der Waals surface area (Å²) in [6.45, 7) is 5.86. The Balaban J connectivity index is 4.07. The molecule has 6 nitrogen and oxygen atoms in total. The van der Waals surface area contributed by atoms with Gasteiger partial charge in [0.15, 0.2) is 5.96 Å². The molecule has 0 aliphatic rings. The van der Waals surface area contributed by atoms with Gasteiger partial charge in [-0.2, -0.15) is 8.42 Å². The van der Waals surface area contributed by atoms with Gasteiger partial charge >= 0.3 is 0 Å². The number of nitrogens with one attached hydrogen (secondary N) is 2. The fourth-order valence-corrected chi connectivity index (χ4v) is 1.57. The minimum Gasteiger partial charge on any atom is -0.356 e. The quantitative estimate of drug-likeness (QED) is 0.254. The summed E-state index contributed by atoms with van der Waals surface area (Å²) >= 11 is 0. The average Bonchev–Trinajstić information content (AvgIpc) is 2.27. The summed E-state index contributed by atoms with van der Waals surface area (Å²) in [5.74, 6) is 0.301. The molecule has 0 unspecified atom stereocenters. The summed E-state index contributed by atoms with van der Waals surface area (Å²) in [5, 5.41) is 6.02. The highest BCUT2D eigenvalue weighted by atomic mass is 32.2. The zero-order chi connectivity index (χ0) is 13.9. The number of hydrogen-bond acceptors (Lipinski definition) is 3. The topological polar surface area (TPSA) is 90.8 Å². The van der Waals surface area contributed by atoms with Crippen LogP contribution in [0.25, 0.3) is 0 Å². The number of aliphatic imine (C=N–C) groups is 1. The first kappa shape index (κ1) is 17.2. The third-order valence-electron chi connectivity index (χ3n) is 2.26. The highest BCUT2D eigenvalue weighted by Gasteiger charge is 2.04. The van der Waals surface area contributed by atoms with Crippen molar-refractivity contribution in [1.82, 2.24) is 10.6 Å². The van der Waals surface area contributed by atoms with Crippen molar-refractivity contribution in [3.05, 3.63) is 0 Å². The van der Waals surface area contributed by atoms with Crippen LogP contribution in [0.2, 0.25) is 0 Å². The second-order valence-corrected chi connectivity index (χ2v) is 5.65. The zero-order valence-corrected chi connectivity index (χ0v) is 12.1. The molecule has 0 fully saturated rings. The van der Waals surface area contributed by atoms with Crippen LogP contribution < -0.4 is 10.6 Å². The van der Waals surface area contributed by atoms with Gasteiger partial charge in [0.25, 0.3) is 10.1 Å². The summed E-state index contributed by atoms with van der Waals surface area (Å²) in [6.07, 6.45) is 4.18. The Labute approximate surface area is 110 Å². The highest BCUT2D eigenvalue weighted by Crippen LogP contribution is 1.88. The molecular weight excluding hydrogens is 254 g/mol. The van der Waals surface area contributed by atoms with E-state index < -0.39 is 10.1 Å². The average molecular weight is 279 g/mol. The molecule has 0 aliphatic heterocycles. The van der Waals surface area contributed by atoms with E-state index in [1.165, 1.54) is 0 Å². The molecule has 0 rings (SSSR count). The molecule has 3 N–H and O–H groups in total. The van der Waals surface area contributed by atoms with E-state index in [1.807, 2.05) is 0 Å². The van der Waals surface area contributed by atoms with Crippen molar-refractivity contribution in [2.24, 2.45) is 4.99 Å².